The summed E-state index contributed by atoms with van der Waals surface area (Å²) in [5.41, 5.74) is 1.64. The molecule has 3 rings (SSSR count). The van der Waals surface area contributed by atoms with Crippen LogP contribution < -0.4 is 15.4 Å². The SMILES string of the molecule is CC(C)CCOc1ccc(Br)cc1C(=O)NC(=S)Nc1cccc(C(=O)N2CCCCC2)c1. The Balaban J connectivity index is 1.63. The molecule has 33 heavy (non-hydrogen) atoms. The van der Waals surface area contributed by atoms with Crippen molar-refractivity contribution in [2.45, 2.75) is 39.5 Å². The highest BCUT2D eigenvalue weighted by atomic mass is 79.9. The van der Waals surface area contributed by atoms with E-state index in [0.717, 1.165) is 36.8 Å². The maximum Gasteiger partial charge on any atom is 0.261 e. The van der Waals surface area contributed by atoms with Crippen LogP contribution in [-0.4, -0.2) is 41.5 Å². The zero-order valence-electron chi connectivity index (χ0n) is 19.0. The van der Waals surface area contributed by atoms with Gasteiger partial charge in [-0.05, 0) is 80.2 Å². The number of benzene rings is 2. The smallest absolute Gasteiger partial charge is 0.261 e. The van der Waals surface area contributed by atoms with Crippen LogP contribution in [0.1, 0.15) is 60.2 Å². The molecule has 1 fully saturated rings. The van der Waals surface area contributed by atoms with Crippen molar-refractivity contribution in [3.8, 4) is 5.75 Å². The fourth-order valence-corrected chi connectivity index (χ4v) is 4.12. The van der Waals surface area contributed by atoms with Crippen LogP contribution in [0.3, 0.4) is 0 Å². The molecule has 1 aliphatic rings. The summed E-state index contributed by atoms with van der Waals surface area (Å²) in [5, 5.41) is 5.87. The Labute approximate surface area is 209 Å². The van der Waals surface area contributed by atoms with Crippen molar-refractivity contribution in [3.63, 3.8) is 0 Å². The molecular weight excluding hydrogens is 502 g/mol. The Morgan fingerprint density at radius 1 is 1.12 bits per heavy atom. The molecule has 2 aromatic rings. The van der Waals surface area contributed by atoms with E-state index in [1.54, 1.807) is 30.3 Å². The second-order valence-corrected chi connectivity index (χ2v) is 9.84. The molecule has 0 aromatic heterocycles. The van der Waals surface area contributed by atoms with Crippen LogP contribution in [-0.2, 0) is 0 Å². The lowest BCUT2D eigenvalue weighted by molar-refractivity contribution is 0.0724. The van der Waals surface area contributed by atoms with Crippen LogP contribution in [0.4, 0.5) is 5.69 Å². The van der Waals surface area contributed by atoms with E-state index in [-0.39, 0.29) is 16.9 Å². The molecule has 0 unspecified atom stereocenters. The summed E-state index contributed by atoms with van der Waals surface area (Å²) in [6, 6.07) is 12.5. The summed E-state index contributed by atoms with van der Waals surface area (Å²) in [5.74, 6) is 0.667. The third-order valence-corrected chi connectivity index (χ3v) is 6.07. The molecule has 1 saturated heterocycles. The number of carbonyl (C=O) groups is 2. The second-order valence-electron chi connectivity index (χ2n) is 8.51. The minimum atomic E-state index is -0.367. The van der Waals surface area contributed by atoms with Crippen LogP contribution in [0.15, 0.2) is 46.9 Å². The fraction of sp³-hybridized carbons (Fsp3) is 0.400. The van der Waals surface area contributed by atoms with Gasteiger partial charge in [0.05, 0.1) is 12.2 Å². The first-order chi connectivity index (χ1) is 15.8. The standard InChI is InChI=1S/C25H30BrN3O3S/c1-17(2)11-14-32-22-10-9-19(26)16-21(22)23(30)28-25(33)27-20-8-6-7-18(15-20)24(31)29-12-4-3-5-13-29/h6-10,15-17H,3-5,11-14H2,1-2H3,(H2,27,28,30,33). The topological polar surface area (TPSA) is 70.7 Å². The zero-order valence-corrected chi connectivity index (χ0v) is 21.4. The summed E-state index contributed by atoms with van der Waals surface area (Å²) in [6.07, 6.45) is 4.14. The lowest BCUT2D eigenvalue weighted by Gasteiger charge is -2.26. The molecule has 8 heteroatoms. The average molecular weight is 533 g/mol. The van der Waals surface area contributed by atoms with Crippen molar-refractivity contribution >= 4 is 50.8 Å². The number of amides is 2. The van der Waals surface area contributed by atoms with Crippen molar-refractivity contribution < 1.29 is 14.3 Å². The van der Waals surface area contributed by atoms with Gasteiger partial charge in [-0.25, -0.2) is 0 Å². The number of rotatable bonds is 7. The van der Waals surface area contributed by atoms with Gasteiger partial charge in [0.1, 0.15) is 5.75 Å². The summed E-state index contributed by atoms with van der Waals surface area (Å²) in [4.78, 5) is 27.6. The summed E-state index contributed by atoms with van der Waals surface area (Å²) in [6.45, 7) is 6.36. The molecular formula is C25H30BrN3O3S. The van der Waals surface area contributed by atoms with E-state index in [1.807, 2.05) is 17.0 Å². The number of halogens is 1. The van der Waals surface area contributed by atoms with Crippen molar-refractivity contribution in [3.05, 3.63) is 58.1 Å². The fourth-order valence-electron chi connectivity index (χ4n) is 3.55. The first-order valence-electron chi connectivity index (χ1n) is 11.3. The molecule has 6 nitrogen and oxygen atoms in total. The molecule has 0 spiro atoms. The maximum atomic E-state index is 12.9. The van der Waals surface area contributed by atoms with Crippen molar-refractivity contribution in [1.82, 2.24) is 10.2 Å². The quantitative estimate of drug-likeness (QED) is 0.453. The molecule has 1 heterocycles. The maximum absolute atomic E-state index is 12.9. The Hall–Kier alpha value is -2.45. The predicted molar refractivity (Wildman–Crippen MR) is 139 cm³/mol. The van der Waals surface area contributed by atoms with E-state index in [1.165, 1.54) is 6.42 Å². The van der Waals surface area contributed by atoms with E-state index in [0.29, 0.717) is 35.1 Å². The van der Waals surface area contributed by atoms with E-state index >= 15 is 0 Å². The number of hydrogen-bond donors (Lipinski definition) is 2. The number of hydrogen-bond acceptors (Lipinski definition) is 4. The lowest BCUT2D eigenvalue weighted by atomic mass is 10.1. The molecule has 2 aromatic carbocycles. The van der Waals surface area contributed by atoms with Gasteiger partial charge in [0.2, 0.25) is 0 Å². The van der Waals surface area contributed by atoms with E-state index < -0.39 is 0 Å². The van der Waals surface area contributed by atoms with Gasteiger partial charge in [0, 0.05) is 28.8 Å². The largest absolute Gasteiger partial charge is 0.493 e. The predicted octanol–water partition coefficient (Wildman–Crippen LogP) is 5.63. The van der Waals surface area contributed by atoms with Crippen LogP contribution in [0, 0.1) is 5.92 Å². The van der Waals surface area contributed by atoms with Gasteiger partial charge >= 0.3 is 0 Å². The molecule has 0 atom stereocenters. The lowest BCUT2D eigenvalue weighted by Crippen LogP contribution is -2.36. The first-order valence-corrected chi connectivity index (χ1v) is 12.5. The van der Waals surface area contributed by atoms with Gasteiger partial charge in [0.15, 0.2) is 5.11 Å². The van der Waals surface area contributed by atoms with Crippen LogP contribution in [0.25, 0.3) is 0 Å². The Bertz CT molecular complexity index is 1010. The Morgan fingerprint density at radius 3 is 2.61 bits per heavy atom. The third-order valence-electron chi connectivity index (χ3n) is 5.38. The molecule has 176 valence electrons. The van der Waals surface area contributed by atoms with Gasteiger partial charge < -0.3 is 15.0 Å². The van der Waals surface area contributed by atoms with E-state index in [2.05, 4.69) is 40.4 Å². The molecule has 0 radical (unpaired) electrons. The van der Waals surface area contributed by atoms with Crippen molar-refractivity contribution in [2.24, 2.45) is 5.92 Å². The monoisotopic (exact) mass is 531 g/mol. The average Bonchev–Trinajstić information content (AvgIpc) is 2.80. The summed E-state index contributed by atoms with van der Waals surface area (Å²) < 4.78 is 6.61. The minimum absolute atomic E-state index is 0.0191. The molecule has 0 saturated carbocycles. The third kappa shape index (κ3) is 7.54. The summed E-state index contributed by atoms with van der Waals surface area (Å²) in [7, 11) is 0. The van der Waals surface area contributed by atoms with Crippen molar-refractivity contribution in [1.29, 1.82) is 0 Å². The van der Waals surface area contributed by atoms with E-state index in [9.17, 15) is 9.59 Å². The number of ether oxygens (including phenoxy) is 1. The number of piperidine rings is 1. The zero-order chi connectivity index (χ0) is 23.8. The van der Waals surface area contributed by atoms with Crippen molar-refractivity contribution in [2.75, 3.05) is 25.0 Å². The highest BCUT2D eigenvalue weighted by Crippen LogP contribution is 2.24. The molecule has 2 amide bonds. The van der Waals surface area contributed by atoms with Gasteiger partial charge in [-0.2, -0.15) is 0 Å². The number of likely N-dealkylation sites (tertiary alicyclic amines) is 1. The molecule has 0 bridgehead atoms. The first kappa shape index (κ1) is 25.2. The Kier molecular flexibility index (Phi) is 9.26. The van der Waals surface area contributed by atoms with Crippen LogP contribution in [0.5, 0.6) is 5.75 Å². The van der Waals surface area contributed by atoms with Gasteiger partial charge in [0.25, 0.3) is 11.8 Å². The van der Waals surface area contributed by atoms with Gasteiger partial charge in [-0.3, -0.25) is 14.9 Å². The van der Waals surface area contributed by atoms with Crippen LogP contribution >= 0.6 is 28.1 Å². The number of nitrogens with one attached hydrogen (secondary N) is 2. The number of thiocarbonyl (C=S) groups is 1. The van der Waals surface area contributed by atoms with Crippen LogP contribution in [0.2, 0.25) is 0 Å². The Morgan fingerprint density at radius 2 is 1.88 bits per heavy atom. The molecule has 2 N–H and O–H groups in total. The summed E-state index contributed by atoms with van der Waals surface area (Å²) >= 11 is 8.76. The molecule has 1 aliphatic heterocycles. The molecule has 0 aliphatic carbocycles. The number of anilines is 1. The second kappa shape index (κ2) is 12.1. The minimum Gasteiger partial charge on any atom is -0.493 e. The van der Waals surface area contributed by atoms with E-state index in [4.69, 9.17) is 17.0 Å². The highest BCUT2D eigenvalue weighted by Gasteiger charge is 2.19. The van der Waals surface area contributed by atoms with Gasteiger partial charge in [-0.1, -0.05) is 35.8 Å². The number of nitrogens with zero attached hydrogens (tertiary/aromatic N) is 1. The highest BCUT2D eigenvalue weighted by molar-refractivity contribution is 9.10. The normalized spacial score (nSPS) is 13.5. The number of carbonyl (C=O) groups excluding carboxylic acids is 2. The van der Waals surface area contributed by atoms with Gasteiger partial charge in [-0.15, -0.1) is 0 Å².